The van der Waals surface area contributed by atoms with Gasteiger partial charge in [-0.3, -0.25) is 14.3 Å². The predicted molar refractivity (Wildman–Crippen MR) is 84.0 cm³/mol. The lowest BCUT2D eigenvalue weighted by molar-refractivity contribution is -0.142. The van der Waals surface area contributed by atoms with E-state index in [4.69, 9.17) is 4.42 Å². The monoisotopic (exact) mass is 370 g/mol. The van der Waals surface area contributed by atoms with Crippen LogP contribution in [0, 0.1) is 12.8 Å². The fourth-order valence-electron chi connectivity index (χ4n) is 2.79. The standard InChI is InChI=1S/C16H17F3N4O3/c1-10-2-3-13(26-10)6-20-15(25)11-4-14(24)23(7-11)12-5-21-22(8-12)9-16(17,18)19/h2-3,5,8,11H,4,6-7,9H2,1H3,(H,20,25)/t11-/m1/s1. The molecule has 7 nitrogen and oxygen atoms in total. The molecule has 1 aliphatic heterocycles. The van der Waals surface area contributed by atoms with Crippen LogP contribution in [0.15, 0.2) is 28.9 Å². The van der Waals surface area contributed by atoms with Gasteiger partial charge >= 0.3 is 6.18 Å². The molecule has 3 heterocycles. The van der Waals surface area contributed by atoms with Gasteiger partial charge in [0.05, 0.1) is 24.3 Å². The van der Waals surface area contributed by atoms with E-state index in [9.17, 15) is 22.8 Å². The lowest BCUT2D eigenvalue weighted by Crippen LogP contribution is -2.32. The highest BCUT2D eigenvalue weighted by molar-refractivity contribution is 6.00. The number of halogens is 3. The van der Waals surface area contributed by atoms with E-state index in [-0.39, 0.29) is 37.0 Å². The van der Waals surface area contributed by atoms with Gasteiger partial charge in [-0.15, -0.1) is 0 Å². The first-order valence-electron chi connectivity index (χ1n) is 7.94. The molecule has 1 atom stereocenters. The predicted octanol–water partition coefficient (Wildman–Crippen LogP) is 2.02. The summed E-state index contributed by atoms with van der Waals surface area (Å²) in [7, 11) is 0. The van der Waals surface area contributed by atoms with Crippen molar-refractivity contribution < 1.29 is 27.2 Å². The first kappa shape index (κ1) is 18.0. The van der Waals surface area contributed by atoms with Crippen LogP contribution in [-0.2, 0) is 22.7 Å². The Morgan fingerprint density at radius 3 is 2.85 bits per heavy atom. The van der Waals surface area contributed by atoms with Crippen molar-refractivity contribution in [3.63, 3.8) is 0 Å². The highest BCUT2D eigenvalue weighted by Crippen LogP contribution is 2.26. The Morgan fingerprint density at radius 2 is 2.19 bits per heavy atom. The van der Waals surface area contributed by atoms with Crippen LogP contribution in [0.2, 0.25) is 0 Å². The minimum atomic E-state index is -4.40. The Kier molecular flexibility index (Phi) is 4.75. The smallest absolute Gasteiger partial charge is 0.408 e. The Labute approximate surface area is 146 Å². The number of aryl methyl sites for hydroxylation is 1. The average molecular weight is 370 g/mol. The van der Waals surface area contributed by atoms with E-state index in [1.165, 1.54) is 11.1 Å². The summed E-state index contributed by atoms with van der Waals surface area (Å²) in [5, 5.41) is 6.32. The van der Waals surface area contributed by atoms with E-state index in [1.807, 2.05) is 0 Å². The molecule has 2 aromatic heterocycles. The van der Waals surface area contributed by atoms with Crippen molar-refractivity contribution >= 4 is 17.5 Å². The number of alkyl halides is 3. The van der Waals surface area contributed by atoms with E-state index in [0.29, 0.717) is 5.76 Å². The van der Waals surface area contributed by atoms with E-state index < -0.39 is 18.6 Å². The van der Waals surface area contributed by atoms with Gasteiger partial charge in [-0.25, -0.2) is 0 Å². The molecule has 10 heteroatoms. The molecule has 0 unspecified atom stereocenters. The van der Waals surface area contributed by atoms with Crippen molar-refractivity contribution in [2.24, 2.45) is 5.92 Å². The Bertz CT molecular complexity index is 812. The summed E-state index contributed by atoms with van der Waals surface area (Å²) in [6.45, 7) is 0.861. The van der Waals surface area contributed by atoms with Gasteiger partial charge < -0.3 is 14.6 Å². The van der Waals surface area contributed by atoms with Crippen LogP contribution in [0.3, 0.4) is 0 Å². The molecule has 1 fully saturated rings. The summed E-state index contributed by atoms with van der Waals surface area (Å²) in [5.41, 5.74) is 0.246. The zero-order valence-corrected chi connectivity index (χ0v) is 13.9. The fraction of sp³-hybridized carbons (Fsp3) is 0.438. The number of carbonyl (C=O) groups excluding carboxylic acids is 2. The van der Waals surface area contributed by atoms with E-state index in [2.05, 4.69) is 10.4 Å². The van der Waals surface area contributed by atoms with Crippen LogP contribution >= 0.6 is 0 Å². The molecule has 0 aromatic carbocycles. The van der Waals surface area contributed by atoms with Gasteiger partial charge in [-0.2, -0.15) is 18.3 Å². The number of nitrogens with one attached hydrogen (secondary N) is 1. The number of aromatic nitrogens is 2. The second-order valence-electron chi connectivity index (χ2n) is 6.15. The third-order valence-corrected chi connectivity index (χ3v) is 4.00. The maximum atomic E-state index is 12.4. The molecular formula is C16H17F3N4O3. The van der Waals surface area contributed by atoms with Gasteiger partial charge in [-0.05, 0) is 19.1 Å². The minimum absolute atomic E-state index is 0.00648. The van der Waals surface area contributed by atoms with Crippen LogP contribution in [-0.4, -0.2) is 34.3 Å². The molecule has 1 aliphatic rings. The second kappa shape index (κ2) is 6.85. The lowest BCUT2D eigenvalue weighted by Gasteiger charge is -2.14. The van der Waals surface area contributed by atoms with E-state index in [1.54, 1.807) is 19.1 Å². The number of carbonyl (C=O) groups is 2. The molecule has 1 saturated heterocycles. The summed E-state index contributed by atoms with van der Waals surface area (Å²) in [5.74, 6) is 0.116. The maximum Gasteiger partial charge on any atom is 0.408 e. The zero-order valence-electron chi connectivity index (χ0n) is 13.9. The number of hydrogen-bond donors (Lipinski definition) is 1. The summed E-state index contributed by atoms with van der Waals surface area (Å²) in [4.78, 5) is 25.6. The average Bonchev–Trinajstić information content (AvgIpc) is 3.24. The molecule has 2 amide bonds. The fourth-order valence-corrected chi connectivity index (χ4v) is 2.79. The highest BCUT2D eigenvalue weighted by Gasteiger charge is 2.36. The summed E-state index contributed by atoms with van der Waals surface area (Å²) in [6.07, 6.45) is -2.06. The molecule has 0 saturated carbocycles. The van der Waals surface area contributed by atoms with E-state index >= 15 is 0 Å². The molecule has 140 valence electrons. The summed E-state index contributed by atoms with van der Waals surface area (Å²) < 4.78 is 43.3. The van der Waals surface area contributed by atoms with Crippen molar-refractivity contribution in [2.75, 3.05) is 11.4 Å². The van der Waals surface area contributed by atoms with Crippen molar-refractivity contribution in [1.29, 1.82) is 0 Å². The maximum absolute atomic E-state index is 12.4. The first-order chi connectivity index (χ1) is 12.2. The van der Waals surface area contributed by atoms with Crippen LogP contribution in [0.5, 0.6) is 0 Å². The molecule has 26 heavy (non-hydrogen) atoms. The Hall–Kier alpha value is -2.78. The van der Waals surface area contributed by atoms with Crippen molar-refractivity contribution in [3.8, 4) is 0 Å². The minimum Gasteiger partial charge on any atom is -0.465 e. The second-order valence-corrected chi connectivity index (χ2v) is 6.15. The topological polar surface area (TPSA) is 80.4 Å². The number of amides is 2. The molecule has 0 bridgehead atoms. The Morgan fingerprint density at radius 1 is 1.42 bits per heavy atom. The van der Waals surface area contributed by atoms with Crippen molar-refractivity contribution in [1.82, 2.24) is 15.1 Å². The van der Waals surface area contributed by atoms with Crippen LogP contribution in [0.25, 0.3) is 0 Å². The number of anilines is 1. The SMILES string of the molecule is Cc1ccc(CNC(=O)[C@@H]2CC(=O)N(c3cnn(CC(F)(F)F)c3)C2)o1. The molecule has 0 spiro atoms. The Balaban J connectivity index is 1.58. The van der Waals surface area contributed by atoms with Gasteiger partial charge in [0, 0.05) is 19.2 Å². The quantitative estimate of drug-likeness (QED) is 0.873. The number of hydrogen-bond acceptors (Lipinski definition) is 4. The molecule has 1 N–H and O–H groups in total. The summed E-state index contributed by atoms with van der Waals surface area (Å²) in [6, 6.07) is 3.53. The summed E-state index contributed by atoms with van der Waals surface area (Å²) >= 11 is 0. The van der Waals surface area contributed by atoms with Gasteiger partial charge in [0.1, 0.15) is 18.1 Å². The van der Waals surface area contributed by atoms with Crippen LogP contribution in [0.4, 0.5) is 18.9 Å². The number of furan rings is 1. The van der Waals surface area contributed by atoms with Crippen molar-refractivity contribution in [3.05, 3.63) is 36.0 Å². The highest BCUT2D eigenvalue weighted by atomic mass is 19.4. The van der Waals surface area contributed by atoms with Crippen LogP contribution < -0.4 is 10.2 Å². The normalized spacial score (nSPS) is 17.8. The van der Waals surface area contributed by atoms with E-state index in [0.717, 1.165) is 16.6 Å². The first-order valence-corrected chi connectivity index (χ1v) is 7.94. The van der Waals surface area contributed by atoms with Gasteiger partial charge in [0.2, 0.25) is 11.8 Å². The molecule has 2 aromatic rings. The molecular weight excluding hydrogens is 353 g/mol. The molecule has 3 rings (SSSR count). The van der Waals surface area contributed by atoms with Crippen LogP contribution in [0.1, 0.15) is 17.9 Å². The third kappa shape index (κ3) is 4.24. The molecule has 0 radical (unpaired) electrons. The van der Waals surface area contributed by atoms with Gasteiger partial charge in [0.15, 0.2) is 0 Å². The lowest BCUT2D eigenvalue weighted by atomic mass is 10.1. The number of nitrogens with zero attached hydrogens (tertiary/aromatic N) is 3. The largest absolute Gasteiger partial charge is 0.465 e. The van der Waals surface area contributed by atoms with Gasteiger partial charge in [-0.1, -0.05) is 0 Å². The third-order valence-electron chi connectivity index (χ3n) is 4.00. The zero-order chi connectivity index (χ0) is 18.9. The number of rotatable bonds is 5. The van der Waals surface area contributed by atoms with Gasteiger partial charge in [0.25, 0.3) is 0 Å². The molecule has 0 aliphatic carbocycles. The van der Waals surface area contributed by atoms with Crippen molar-refractivity contribution in [2.45, 2.75) is 32.6 Å².